The molecule has 0 saturated carbocycles. The number of benzene rings is 1. The zero-order chi connectivity index (χ0) is 12.3. The van der Waals surface area contributed by atoms with Gasteiger partial charge in [-0.05, 0) is 24.5 Å². The van der Waals surface area contributed by atoms with Crippen LogP contribution in [-0.2, 0) is 0 Å². The summed E-state index contributed by atoms with van der Waals surface area (Å²) in [6.07, 6.45) is 0.824. The van der Waals surface area contributed by atoms with Crippen LogP contribution in [0.2, 0.25) is 0 Å². The van der Waals surface area contributed by atoms with E-state index in [-0.39, 0.29) is 6.10 Å². The van der Waals surface area contributed by atoms with Gasteiger partial charge in [-0.15, -0.1) is 0 Å². The van der Waals surface area contributed by atoms with Crippen LogP contribution in [0.1, 0.15) is 30.6 Å². The zero-order valence-corrected chi connectivity index (χ0v) is 12.1. The molecule has 2 rings (SSSR count). The highest BCUT2D eigenvalue weighted by Gasteiger charge is 2.32. The van der Waals surface area contributed by atoms with E-state index in [4.69, 9.17) is 0 Å². The summed E-state index contributed by atoms with van der Waals surface area (Å²) in [5, 5.41) is 11.5. The molecule has 1 saturated heterocycles. The van der Waals surface area contributed by atoms with Gasteiger partial charge in [0.2, 0.25) is 0 Å². The first-order valence-corrected chi connectivity index (χ1v) is 8.30. The van der Waals surface area contributed by atoms with E-state index in [0.29, 0.717) is 10.5 Å². The summed E-state index contributed by atoms with van der Waals surface area (Å²) in [4.78, 5) is 0. The topological polar surface area (TPSA) is 20.2 Å². The minimum absolute atomic E-state index is 0.320. The Kier molecular flexibility index (Phi) is 4.83. The third-order valence-electron chi connectivity index (χ3n) is 3.31. The van der Waals surface area contributed by atoms with Crippen molar-refractivity contribution in [2.24, 2.45) is 0 Å². The van der Waals surface area contributed by atoms with E-state index in [0.717, 1.165) is 17.7 Å². The summed E-state index contributed by atoms with van der Waals surface area (Å²) in [6, 6.07) is 8.20. The Hall–Kier alpha value is -0.120. The Balaban J connectivity index is 2.18. The predicted octanol–water partition coefficient (Wildman–Crippen LogP) is 3.66. The maximum atomic E-state index is 10.6. The second-order valence-corrected chi connectivity index (χ2v) is 7.09. The number of aliphatic hydroxyl groups is 1. The number of hydrogen-bond acceptors (Lipinski definition) is 3. The van der Waals surface area contributed by atoms with E-state index in [2.05, 4.69) is 26.0 Å². The highest BCUT2D eigenvalue weighted by Crippen LogP contribution is 2.40. The molecule has 0 amide bonds. The molecule has 1 aliphatic heterocycles. The average molecular weight is 268 g/mol. The van der Waals surface area contributed by atoms with E-state index >= 15 is 0 Å². The lowest BCUT2D eigenvalue weighted by Crippen LogP contribution is -2.31. The first kappa shape index (κ1) is 13.3. The van der Waals surface area contributed by atoms with Crippen LogP contribution in [0.4, 0.5) is 0 Å². The average Bonchev–Trinajstić information content (AvgIpc) is 2.38. The molecule has 0 radical (unpaired) electrons. The standard InChI is InChI=1S/C14H20OS2/c1-3-12-14(17-9-8-16-12)13(15)11-7-5-4-6-10(11)2/h4-7,12-15H,3,8-9H2,1-2H3. The van der Waals surface area contributed by atoms with E-state index in [1.54, 1.807) is 0 Å². The molecule has 0 spiro atoms. The van der Waals surface area contributed by atoms with Crippen molar-refractivity contribution in [3.05, 3.63) is 35.4 Å². The second-order valence-electron chi connectivity index (χ2n) is 4.45. The molecule has 1 N–H and O–H groups in total. The molecule has 1 nitrogen and oxygen atoms in total. The Morgan fingerprint density at radius 3 is 2.71 bits per heavy atom. The summed E-state index contributed by atoms with van der Waals surface area (Å²) >= 11 is 3.96. The van der Waals surface area contributed by atoms with Crippen LogP contribution in [0, 0.1) is 6.92 Å². The van der Waals surface area contributed by atoms with Gasteiger partial charge in [0.1, 0.15) is 0 Å². The smallest absolute Gasteiger partial charge is 0.0921 e. The fourth-order valence-corrected chi connectivity index (χ4v) is 5.45. The molecule has 0 aromatic heterocycles. The molecule has 3 heteroatoms. The van der Waals surface area contributed by atoms with Gasteiger partial charge in [-0.3, -0.25) is 0 Å². The van der Waals surface area contributed by atoms with E-state index in [1.807, 2.05) is 35.7 Å². The Morgan fingerprint density at radius 1 is 1.29 bits per heavy atom. The molecule has 1 fully saturated rings. The lowest BCUT2D eigenvalue weighted by molar-refractivity contribution is 0.171. The van der Waals surface area contributed by atoms with Crippen LogP contribution >= 0.6 is 23.5 Å². The molecular formula is C14H20OS2. The molecular weight excluding hydrogens is 248 g/mol. The first-order chi connectivity index (χ1) is 8.24. The van der Waals surface area contributed by atoms with Crippen molar-refractivity contribution in [2.75, 3.05) is 11.5 Å². The lowest BCUT2D eigenvalue weighted by Gasteiger charge is -2.34. The van der Waals surface area contributed by atoms with Crippen molar-refractivity contribution in [3.63, 3.8) is 0 Å². The number of aryl methyl sites for hydroxylation is 1. The second kappa shape index (κ2) is 6.17. The van der Waals surface area contributed by atoms with Crippen LogP contribution in [-0.4, -0.2) is 27.1 Å². The van der Waals surface area contributed by atoms with Gasteiger partial charge in [-0.2, -0.15) is 23.5 Å². The van der Waals surface area contributed by atoms with Gasteiger partial charge in [-0.1, -0.05) is 31.2 Å². The molecule has 94 valence electrons. The van der Waals surface area contributed by atoms with Gasteiger partial charge in [0.15, 0.2) is 0 Å². The minimum atomic E-state index is -0.320. The van der Waals surface area contributed by atoms with Crippen molar-refractivity contribution in [2.45, 2.75) is 36.9 Å². The highest BCUT2D eigenvalue weighted by atomic mass is 32.2. The maximum absolute atomic E-state index is 10.6. The minimum Gasteiger partial charge on any atom is -0.387 e. The van der Waals surface area contributed by atoms with Crippen molar-refractivity contribution in [1.29, 1.82) is 0 Å². The highest BCUT2D eigenvalue weighted by molar-refractivity contribution is 8.07. The summed E-state index contributed by atoms with van der Waals surface area (Å²) in [5.41, 5.74) is 2.30. The summed E-state index contributed by atoms with van der Waals surface area (Å²) in [5.74, 6) is 2.38. The maximum Gasteiger partial charge on any atom is 0.0921 e. The third kappa shape index (κ3) is 3.01. The molecule has 1 aromatic carbocycles. The largest absolute Gasteiger partial charge is 0.387 e. The summed E-state index contributed by atoms with van der Waals surface area (Å²) in [7, 11) is 0. The van der Waals surface area contributed by atoms with Crippen LogP contribution in [0.15, 0.2) is 24.3 Å². The summed E-state index contributed by atoms with van der Waals surface area (Å²) in [6.45, 7) is 4.31. The predicted molar refractivity (Wildman–Crippen MR) is 78.9 cm³/mol. The van der Waals surface area contributed by atoms with Gasteiger partial charge in [0.25, 0.3) is 0 Å². The molecule has 0 aliphatic carbocycles. The normalized spacial score (nSPS) is 26.8. The quantitative estimate of drug-likeness (QED) is 0.903. The number of aliphatic hydroxyl groups excluding tert-OH is 1. The molecule has 1 heterocycles. The molecule has 17 heavy (non-hydrogen) atoms. The van der Waals surface area contributed by atoms with Crippen molar-refractivity contribution in [1.82, 2.24) is 0 Å². The van der Waals surface area contributed by atoms with Crippen LogP contribution in [0.3, 0.4) is 0 Å². The lowest BCUT2D eigenvalue weighted by atomic mass is 9.99. The Bertz CT molecular complexity index is 367. The fourth-order valence-electron chi connectivity index (χ4n) is 2.33. The molecule has 1 aromatic rings. The van der Waals surface area contributed by atoms with Gasteiger partial charge in [0.05, 0.1) is 6.10 Å². The number of rotatable bonds is 3. The van der Waals surface area contributed by atoms with Crippen LogP contribution in [0.25, 0.3) is 0 Å². The number of hydrogen-bond donors (Lipinski definition) is 1. The fraction of sp³-hybridized carbons (Fsp3) is 0.571. The third-order valence-corrected chi connectivity index (χ3v) is 6.65. The summed E-state index contributed by atoms with van der Waals surface area (Å²) < 4.78 is 0. The van der Waals surface area contributed by atoms with Gasteiger partial charge >= 0.3 is 0 Å². The van der Waals surface area contributed by atoms with E-state index < -0.39 is 0 Å². The Morgan fingerprint density at radius 2 is 2.00 bits per heavy atom. The van der Waals surface area contributed by atoms with Crippen molar-refractivity contribution >= 4 is 23.5 Å². The zero-order valence-electron chi connectivity index (χ0n) is 10.4. The first-order valence-electron chi connectivity index (χ1n) is 6.21. The Labute approximate surface area is 112 Å². The number of thioether (sulfide) groups is 2. The van der Waals surface area contributed by atoms with Crippen LogP contribution in [0.5, 0.6) is 0 Å². The molecule has 3 unspecified atom stereocenters. The molecule has 0 bridgehead atoms. The molecule has 1 aliphatic rings. The van der Waals surface area contributed by atoms with Crippen molar-refractivity contribution in [3.8, 4) is 0 Å². The van der Waals surface area contributed by atoms with Crippen LogP contribution < -0.4 is 0 Å². The van der Waals surface area contributed by atoms with Gasteiger partial charge in [0, 0.05) is 22.0 Å². The van der Waals surface area contributed by atoms with Crippen molar-refractivity contribution < 1.29 is 5.11 Å². The van der Waals surface area contributed by atoms with E-state index in [1.165, 1.54) is 11.3 Å². The SMILES string of the molecule is CCC1SCCSC1C(O)c1ccccc1C. The monoisotopic (exact) mass is 268 g/mol. The van der Waals surface area contributed by atoms with Gasteiger partial charge < -0.3 is 5.11 Å². The van der Waals surface area contributed by atoms with Gasteiger partial charge in [-0.25, -0.2) is 0 Å². The van der Waals surface area contributed by atoms with E-state index in [9.17, 15) is 5.11 Å². The molecule has 3 atom stereocenters.